The van der Waals surface area contributed by atoms with Crippen molar-refractivity contribution in [2.75, 3.05) is 27.9 Å². The molecule has 2 aromatic carbocycles. The molecule has 4 rings (SSSR count). The van der Waals surface area contributed by atoms with E-state index in [1.807, 2.05) is 24.3 Å². The standard InChI is InChI=1S/C26H26N2O6S/c1-6-34-25(30)22-15(2)27-26-28(23(22)18-14-17(31-3)11-12-20(18)33-5)24(29)21(35-26)13-16-9-7-8-10-19(16)32-4/h7-14,23H,6H2,1-5H3/b21-13-/t23-/m0/s1. The number of esters is 1. The van der Waals surface area contributed by atoms with Gasteiger partial charge in [-0.25, -0.2) is 9.79 Å². The molecule has 0 amide bonds. The zero-order chi connectivity index (χ0) is 25.1. The van der Waals surface area contributed by atoms with Crippen LogP contribution in [0, 0.1) is 0 Å². The average Bonchev–Trinajstić information content (AvgIpc) is 3.17. The number of hydrogen-bond donors (Lipinski definition) is 0. The summed E-state index contributed by atoms with van der Waals surface area (Å²) in [6, 6.07) is 11.9. The van der Waals surface area contributed by atoms with Gasteiger partial charge in [0.2, 0.25) is 0 Å². The van der Waals surface area contributed by atoms with Gasteiger partial charge in [0.25, 0.3) is 5.56 Å². The van der Waals surface area contributed by atoms with E-state index in [2.05, 4.69) is 4.99 Å². The number of carbonyl (C=O) groups excluding carboxylic acids is 1. The van der Waals surface area contributed by atoms with Crippen LogP contribution in [0.2, 0.25) is 0 Å². The minimum absolute atomic E-state index is 0.190. The van der Waals surface area contributed by atoms with Gasteiger partial charge in [0.05, 0.1) is 43.7 Å². The Labute approximate surface area is 206 Å². The molecule has 0 saturated carbocycles. The van der Waals surface area contributed by atoms with Crippen LogP contribution in [0.5, 0.6) is 17.2 Å². The Kier molecular flexibility index (Phi) is 7.07. The summed E-state index contributed by atoms with van der Waals surface area (Å²) in [6.07, 6.45) is 1.77. The SMILES string of the molecule is CCOC(=O)C1=C(C)N=c2s/c(=C\c3ccccc3OC)c(=O)n2[C@H]1c1cc(OC)ccc1OC. The zero-order valence-electron chi connectivity index (χ0n) is 20.2. The predicted molar refractivity (Wildman–Crippen MR) is 133 cm³/mol. The van der Waals surface area contributed by atoms with Crippen molar-refractivity contribution in [2.24, 2.45) is 4.99 Å². The molecule has 0 N–H and O–H groups in total. The summed E-state index contributed by atoms with van der Waals surface area (Å²) >= 11 is 1.24. The van der Waals surface area contributed by atoms with E-state index in [1.165, 1.54) is 23.0 Å². The molecular formula is C26H26N2O6S. The summed E-state index contributed by atoms with van der Waals surface area (Å²) < 4.78 is 23.8. The Balaban J connectivity index is 2.03. The molecule has 1 aromatic heterocycles. The Morgan fingerprint density at radius 2 is 1.83 bits per heavy atom. The normalized spacial score (nSPS) is 15.3. The highest BCUT2D eigenvalue weighted by atomic mass is 32.1. The molecule has 8 nitrogen and oxygen atoms in total. The second kappa shape index (κ2) is 10.2. The van der Waals surface area contributed by atoms with Gasteiger partial charge in [-0.1, -0.05) is 29.5 Å². The van der Waals surface area contributed by atoms with Crippen molar-refractivity contribution >= 4 is 23.4 Å². The first kappa shape index (κ1) is 24.3. The zero-order valence-corrected chi connectivity index (χ0v) is 21.0. The number of methoxy groups -OCH3 is 3. The van der Waals surface area contributed by atoms with Crippen molar-refractivity contribution in [3.8, 4) is 17.2 Å². The van der Waals surface area contributed by atoms with Gasteiger partial charge >= 0.3 is 5.97 Å². The number of benzene rings is 2. The minimum Gasteiger partial charge on any atom is -0.497 e. The van der Waals surface area contributed by atoms with Crippen LogP contribution in [0.1, 0.15) is 31.0 Å². The number of rotatable bonds is 7. The van der Waals surface area contributed by atoms with Crippen LogP contribution in [-0.2, 0) is 9.53 Å². The fraction of sp³-hybridized carbons (Fsp3) is 0.269. The van der Waals surface area contributed by atoms with E-state index in [4.69, 9.17) is 18.9 Å². The first-order chi connectivity index (χ1) is 16.9. The summed E-state index contributed by atoms with van der Waals surface area (Å²) in [7, 11) is 4.67. The van der Waals surface area contributed by atoms with Crippen LogP contribution in [0.25, 0.3) is 6.08 Å². The Bertz CT molecular complexity index is 1480. The van der Waals surface area contributed by atoms with E-state index in [-0.39, 0.29) is 17.7 Å². The lowest BCUT2D eigenvalue weighted by atomic mass is 9.94. The van der Waals surface area contributed by atoms with E-state index >= 15 is 0 Å². The van der Waals surface area contributed by atoms with Gasteiger partial charge in [-0.2, -0.15) is 0 Å². The highest BCUT2D eigenvalue weighted by molar-refractivity contribution is 7.07. The quantitative estimate of drug-likeness (QED) is 0.470. The van der Waals surface area contributed by atoms with Crippen molar-refractivity contribution in [3.05, 3.63) is 84.5 Å². The molecule has 0 fully saturated rings. The molecular weight excluding hydrogens is 468 g/mol. The van der Waals surface area contributed by atoms with Gasteiger partial charge in [-0.3, -0.25) is 9.36 Å². The lowest BCUT2D eigenvalue weighted by molar-refractivity contribution is -0.139. The Morgan fingerprint density at radius 3 is 2.51 bits per heavy atom. The molecule has 0 saturated heterocycles. The summed E-state index contributed by atoms with van der Waals surface area (Å²) in [5.74, 6) is 1.18. The molecule has 35 heavy (non-hydrogen) atoms. The van der Waals surface area contributed by atoms with Gasteiger partial charge in [0.15, 0.2) is 4.80 Å². The molecule has 0 bridgehead atoms. The Morgan fingerprint density at radius 1 is 1.09 bits per heavy atom. The highest BCUT2D eigenvalue weighted by Crippen LogP contribution is 2.37. The minimum atomic E-state index is -0.810. The third-order valence-electron chi connectivity index (χ3n) is 5.67. The van der Waals surface area contributed by atoms with Gasteiger partial charge in [-0.05, 0) is 44.2 Å². The van der Waals surface area contributed by atoms with Crippen molar-refractivity contribution in [3.63, 3.8) is 0 Å². The molecule has 0 spiro atoms. The van der Waals surface area contributed by atoms with E-state index in [9.17, 15) is 9.59 Å². The van der Waals surface area contributed by atoms with Gasteiger partial charge in [0, 0.05) is 11.1 Å². The number of hydrogen-bond acceptors (Lipinski definition) is 8. The smallest absolute Gasteiger partial charge is 0.338 e. The largest absolute Gasteiger partial charge is 0.497 e. The maximum absolute atomic E-state index is 13.8. The number of carbonyl (C=O) groups is 1. The second-order valence-electron chi connectivity index (χ2n) is 7.65. The maximum Gasteiger partial charge on any atom is 0.338 e. The summed E-state index contributed by atoms with van der Waals surface area (Å²) in [6.45, 7) is 3.66. The predicted octanol–water partition coefficient (Wildman–Crippen LogP) is 2.82. The van der Waals surface area contributed by atoms with E-state index in [1.54, 1.807) is 52.3 Å². The van der Waals surface area contributed by atoms with Crippen molar-refractivity contribution in [2.45, 2.75) is 19.9 Å². The molecule has 1 aliphatic rings. The van der Waals surface area contributed by atoms with Crippen LogP contribution in [0.15, 0.2) is 63.5 Å². The highest BCUT2D eigenvalue weighted by Gasteiger charge is 2.35. The van der Waals surface area contributed by atoms with Crippen LogP contribution < -0.4 is 29.1 Å². The fourth-order valence-corrected chi connectivity index (χ4v) is 5.10. The molecule has 2 heterocycles. The molecule has 3 aromatic rings. The number of allylic oxidation sites excluding steroid dienone is 1. The summed E-state index contributed by atoms with van der Waals surface area (Å²) in [5.41, 5.74) is 1.81. The van der Waals surface area contributed by atoms with Crippen molar-refractivity contribution in [1.82, 2.24) is 4.57 Å². The molecule has 0 radical (unpaired) electrons. The maximum atomic E-state index is 13.8. The van der Waals surface area contributed by atoms with Crippen molar-refractivity contribution in [1.29, 1.82) is 0 Å². The number of para-hydroxylation sites is 1. The molecule has 9 heteroatoms. The first-order valence-electron chi connectivity index (χ1n) is 11.0. The summed E-state index contributed by atoms with van der Waals surface area (Å²) in [5, 5.41) is 0. The van der Waals surface area contributed by atoms with Gasteiger partial charge < -0.3 is 18.9 Å². The van der Waals surface area contributed by atoms with Gasteiger partial charge in [0.1, 0.15) is 23.3 Å². The Hall–Kier alpha value is -3.85. The lowest BCUT2D eigenvalue weighted by Crippen LogP contribution is -2.40. The van der Waals surface area contributed by atoms with Crippen LogP contribution in [0.3, 0.4) is 0 Å². The van der Waals surface area contributed by atoms with E-state index in [0.29, 0.717) is 37.8 Å². The van der Waals surface area contributed by atoms with Crippen molar-refractivity contribution < 1.29 is 23.7 Å². The third-order valence-corrected chi connectivity index (χ3v) is 6.66. The molecule has 1 atom stereocenters. The third kappa shape index (κ3) is 4.46. The van der Waals surface area contributed by atoms with E-state index < -0.39 is 12.0 Å². The number of fused-ring (bicyclic) bond motifs is 1. The van der Waals surface area contributed by atoms with Crippen LogP contribution in [-0.4, -0.2) is 38.5 Å². The van der Waals surface area contributed by atoms with Gasteiger partial charge in [-0.15, -0.1) is 0 Å². The molecule has 1 aliphatic heterocycles. The average molecular weight is 495 g/mol. The number of aromatic nitrogens is 1. The first-order valence-corrected chi connectivity index (χ1v) is 11.8. The van der Waals surface area contributed by atoms with Crippen LogP contribution in [0.4, 0.5) is 0 Å². The number of ether oxygens (including phenoxy) is 4. The molecule has 182 valence electrons. The fourth-order valence-electron chi connectivity index (χ4n) is 4.07. The number of nitrogens with zero attached hydrogens (tertiary/aromatic N) is 2. The van der Waals surface area contributed by atoms with E-state index in [0.717, 1.165) is 5.56 Å². The molecule has 0 aliphatic carbocycles. The monoisotopic (exact) mass is 494 g/mol. The van der Waals surface area contributed by atoms with Crippen LogP contribution >= 0.6 is 11.3 Å². The lowest BCUT2D eigenvalue weighted by Gasteiger charge is -2.26. The number of thiazole rings is 1. The second-order valence-corrected chi connectivity index (χ2v) is 8.66. The topological polar surface area (TPSA) is 88.4 Å². The molecule has 0 unspecified atom stereocenters. The summed E-state index contributed by atoms with van der Waals surface area (Å²) in [4.78, 5) is 32.0.